The largest absolute Gasteiger partial charge is 0.338 e. The fourth-order valence-electron chi connectivity index (χ4n) is 1.42. The molecule has 0 bridgehead atoms. The van der Waals surface area contributed by atoms with Crippen molar-refractivity contribution in [3.63, 3.8) is 0 Å². The molecule has 0 spiro atoms. The van der Waals surface area contributed by atoms with Gasteiger partial charge in [0.25, 0.3) is 5.91 Å². The van der Waals surface area contributed by atoms with Crippen molar-refractivity contribution < 1.29 is 4.79 Å². The van der Waals surface area contributed by atoms with Gasteiger partial charge in [0.2, 0.25) is 0 Å². The predicted molar refractivity (Wildman–Crippen MR) is 62.9 cm³/mol. The number of nitrogens with zero attached hydrogens (tertiary/aromatic N) is 2. The number of carbonyl (C=O) groups excluding carboxylic acids is 1. The van der Waals surface area contributed by atoms with Crippen LogP contribution in [0.25, 0.3) is 0 Å². The van der Waals surface area contributed by atoms with E-state index in [-0.39, 0.29) is 5.91 Å². The van der Waals surface area contributed by atoms with Crippen LogP contribution in [0.1, 0.15) is 22.8 Å². The summed E-state index contributed by atoms with van der Waals surface area (Å²) in [7, 11) is 1.72. The molecule has 3 nitrogen and oxygen atoms in total. The van der Waals surface area contributed by atoms with Gasteiger partial charge in [-0.3, -0.25) is 4.79 Å². The summed E-state index contributed by atoms with van der Waals surface area (Å²) in [6, 6.07) is 8.70. The maximum absolute atomic E-state index is 11.9. The van der Waals surface area contributed by atoms with E-state index in [1.165, 1.54) is 0 Å². The minimum atomic E-state index is -0.0971. The van der Waals surface area contributed by atoms with Crippen LogP contribution in [0.5, 0.6) is 0 Å². The minimum absolute atomic E-state index is 0.0971. The molecule has 3 heteroatoms. The molecule has 0 aromatic heterocycles. The van der Waals surface area contributed by atoms with Crippen molar-refractivity contribution in [1.29, 1.82) is 5.26 Å². The zero-order valence-corrected chi connectivity index (χ0v) is 9.53. The van der Waals surface area contributed by atoms with Crippen LogP contribution in [-0.4, -0.2) is 24.4 Å². The Labute approximate surface area is 95.6 Å². The molecule has 0 aliphatic carbocycles. The molecule has 0 saturated carbocycles. The van der Waals surface area contributed by atoms with Crippen molar-refractivity contribution in [2.24, 2.45) is 0 Å². The molecule has 16 heavy (non-hydrogen) atoms. The van der Waals surface area contributed by atoms with Gasteiger partial charge in [-0.1, -0.05) is 18.2 Å². The summed E-state index contributed by atoms with van der Waals surface area (Å²) in [5, 5.41) is 8.74. The highest BCUT2D eigenvalue weighted by molar-refractivity contribution is 5.94. The second-order valence-electron chi connectivity index (χ2n) is 3.81. The first kappa shape index (κ1) is 12.0. The van der Waals surface area contributed by atoms with Gasteiger partial charge in [-0.05, 0) is 25.1 Å². The van der Waals surface area contributed by atoms with Crippen LogP contribution in [0.2, 0.25) is 0 Å². The number of nitriles is 1. The quantitative estimate of drug-likeness (QED) is 0.724. The average molecular weight is 214 g/mol. The zero-order chi connectivity index (χ0) is 12.1. The van der Waals surface area contributed by atoms with E-state index in [4.69, 9.17) is 5.26 Å². The smallest absolute Gasteiger partial charge is 0.253 e. The van der Waals surface area contributed by atoms with Gasteiger partial charge in [0, 0.05) is 19.2 Å². The lowest BCUT2D eigenvalue weighted by Crippen LogP contribution is -2.28. The van der Waals surface area contributed by atoms with Crippen molar-refractivity contribution in [1.82, 2.24) is 4.90 Å². The minimum Gasteiger partial charge on any atom is -0.338 e. The van der Waals surface area contributed by atoms with Crippen molar-refractivity contribution in [3.8, 4) is 6.07 Å². The Kier molecular flexibility index (Phi) is 3.84. The first-order valence-corrected chi connectivity index (χ1v) is 4.94. The van der Waals surface area contributed by atoms with E-state index >= 15 is 0 Å². The van der Waals surface area contributed by atoms with E-state index in [0.29, 0.717) is 17.7 Å². The van der Waals surface area contributed by atoms with Crippen LogP contribution >= 0.6 is 0 Å². The van der Waals surface area contributed by atoms with Gasteiger partial charge in [-0.25, -0.2) is 0 Å². The van der Waals surface area contributed by atoms with Gasteiger partial charge in [0.05, 0.1) is 11.6 Å². The van der Waals surface area contributed by atoms with E-state index < -0.39 is 0 Å². The van der Waals surface area contributed by atoms with Crippen molar-refractivity contribution in [3.05, 3.63) is 47.5 Å². The molecule has 0 fully saturated rings. The number of hydrogen-bond donors (Lipinski definition) is 0. The third-order valence-electron chi connectivity index (χ3n) is 2.09. The molecule has 0 aliphatic heterocycles. The van der Waals surface area contributed by atoms with Crippen molar-refractivity contribution in [2.45, 2.75) is 6.92 Å². The normalized spacial score (nSPS) is 9.31. The van der Waals surface area contributed by atoms with E-state index in [9.17, 15) is 4.79 Å². The topological polar surface area (TPSA) is 44.1 Å². The molecule has 1 aromatic rings. The predicted octanol–water partition coefficient (Wildman–Crippen LogP) is 2.21. The second kappa shape index (κ2) is 5.13. The summed E-state index contributed by atoms with van der Waals surface area (Å²) < 4.78 is 0. The van der Waals surface area contributed by atoms with E-state index in [1.807, 2.05) is 13.0 Å². The van der Waals surface area contributed by atoms with Crippen molar-refractivity contribution in [2.75, 3.05) is 13.6 Å². The summed E-state index contributed by atoms with van der Waals surface area (Å²) in [6.07, 6.45) is 0. The maximum Gasteiger partial charge on any atom is 0.253 e. The standard InChI is InChI=1S/C13H14N2O/c1-10(2)9-15(3)13(16)12-6-4-5-11(7-12)8-14/h4-7H,1,9H2,2-3H3. The molecule has 0 unspecified atom stereocenters. The SMILES string of the molecule is C=C(C)CN(C)C(=O)c1cccc(C#N)c1. The Morgan fingerprint density at radius 1 is 1.56 bits per heavy atom. The molecular formula is C13H14N2O. The highest BCUT2D eigenvalue weighted by Gasteiger charge is 2.11. The van der Waals surface area contributed by atoms with Gasteiger partial charge in [0.1, 0.15) is 0 Å². The fourth-order valence-corrected chi connectivity index (χ4v) is 1.42. The first-order chi connectivity index (χ1) is 7.54. The number of carbonyl (C=O) groups is 1. The zero-order valence-electron chi connectivity index (χ0n) is 9.53. The molecule has 0 N–H and O–H groups in total. The molecule has 0 saturated heterocycles. The first-order valence-electron chi connectivity index (χ1n) is 4.94. The number of rotatable bonds is 3. The third-order valence-corrected chi connectivity index (χ3v) is 2.09. The lowest BCUT2D eigenvalue weighted by Gasteiger charge is -2.17. The number of benzene rings is 1. The molecule has 0 atom stereocenters. The highest BCUT2D eigenvalue weighted by atomic mass is 16.2. The molecule has 0 aliphatic rings. The van der Waals surface area contributed by atoms with E-state index in [1.54, 1.807) is 36.2 Å². The Balaban J connectivity index is 2.88. The maximum atomic E-state index is 11.9. The molecule has 1 aromatic carbocycles. The lowest BCUT2D eigenvalue weighted by molar-refractivity contribution is 0.0807. The summed E-state index contributed by atoms with van der Waals surface area (Å²) >= 11 is 0. The molecule has 0 heterocycles. The lowest BCUT2D eigenvalue weighted by atomic mass is 10.1. The Bertz CT molecular complexity index is 457. The number of likely N-dealkylation sites (N-methyl/N-ethyl adjacent to an activating group) is 1. The van der Waals surface area contributed by atoms with E-state index in [2.05, 4.69) is 6.58 Å². The summed E-state index contributed by atoms with van der Waals surface area (Å²) in [6.45, 7) is 6.15. The van der Waals surface area contributed by atoms with E-state index in [0.717, 1.165) is 5.57 Å². The number of amides is 1. The molecule has 1 rings (SSSR count). The van der Waals surface area contributed by atoms with Gasteiger partial charge >= 0.3 is 0 Å². The van der Waals surface area contributed by atoms with Crippen LogP contribution in [0.3, 0.4) is 0 Å². The van der Waals surface area contributed by atoms with Crippen LogP contribution in [-0.2, 0) is 0 Å². The van der Waals surface area contributed by atoms with Crippen molar-refractivity contribution >= 4 is 5.91 Å². The summed E-state index contributed by atoms with van der Waals surface area (Å²) in [4.78, 5) is 13.5. The Morgan fingerprint density at radius 3 is 2.81 bits per heavy atom. The van der Waals surface area contributed by atoms with Crippen LogP contribution in [0, 0.1) is 11.3 Å². The third kappa shape index (κ3) is 2.96. The Hall–Kier alpha value is -2.08. The Morgan fingerprint density at radius 2 is 2.25 bits per heavy atom. The van der Waals surface area contributed by atoms with Gasteiger partial charge in [0.15, 0.2) is 0 Å². The summed E-state index contributed by atoms with van der Waals surface area (Å²) in [5.41, 5.74) is 1.95. The monoisotopic (exact) mass is 214 g/mol. The summed E-state index contributed by atoms with van der Waals surface area (Å²) in [5.74, 6) is -0.0971. The van der Waals surface area contributed by atoms with Gasteiger partial charge in [-0.2, -0.15) is 5.26 Å². The van der Waals surface area contributed by atoms with Crippen LogP contribution < -0.4 is 0 Å². The number of hydrogen-bond acceptors (Lipinski definition) is 2. The van der Waals surface area contributed by atoms with Crippen LogP contribution in [0.15, 0.2) is 36.4 Å². The fraction of sp³-hybridized carbons (Fsp3) is 0.231. The molecule has 0 radical (unpaired) electrons. The molecule has 1 amide bonds. The molecular weight excluding hydrogens is 200 g/mol. The molecule has 82 valence electrons. The van der Waals surface area contributed by atoms with Gasteiger partial charge in [-0.15, -0.1) is 0 Å². The second-order valence-corrected chi connectivity index (χ2v) is 3.81. The highest BCUT2D eigenvalue weighted by Crippen LogP contribution is 2.07. The van der Waals surface area contributed by atoms with Gasteiger partial charge < -0.3 is 4.90 Å². The average Bonchev–Trinajstić information content (AvgIpc) is 2.27. The van der Waals surface area contributed by atoms with Crippen LogP contribution in [0.4, 0.5) is 0 Å².